The van der Waals surface area contributed by atoms with Crippen LogP contribution in [0.15, 0.2) is 0 Å². The van der Waals surface area contributed by atoms with Crippen molar-refractivity contribution in [2.24, 2.45) is 0 Å². The summed E-state index contributed by atoms with van der Waals surface area (Å²) in [5.74, 6) is 0. The molecule has 0 heterocycles. The Morgan fingerprint density at radius 3 is 2.07 bits per heavy atom. The summed E-state index contributed by atoms with van der Waals surface area (Å²) >= 11 is 0. The fourth-order valence-corrected chi connectivity index (χ4v) is 1.38. The standard InChI is InChI=1S/C6H14BF3O3Si/c1-14(2,3)6(9,10)5(8)13-4-7(11)12/h5,11-12H,4H2,1-3H3. The first kappa shape index (κ1) is 14.0. The highest BCUT2D eigenvalue weighted by Crippen LogP contribution is 2.32. The van der Waals surface area contributed by atoms with Crippen LogP contribution in [0.3, 0.4) is 0 Å². The van der Waals surface area contributed by atoms with Crippen LogP contribution in [-0.4, -0.2) is 43.7 Å². The topological polar surface area (TPSA) is 49.7 Å². The van der Waals surface area contributed by atoms with E-state index in [0.29, 0.717) is 0 Å². The third-order valence-corrected chi connectivity index (χ3v) is 3.90. The fraction of sp³-hybridized carbons (Fsp3) is 1.00. The van der Waals surface area contributed by atoms with Gasteiger partial charge in [0.2, 0.25) is 0 Å². The van der Waals surface area contributed by atoms with Crippen LogP contribution in [-0.2, 0) is 4.74 Å². The lowest BCUT2D eigenvalue weighted by molar-refractivity contribution is -0.150. The molecule has 0 rings (SSSR count). The van der Waals surface area contributed by atoms with Crippen molar-refractivity contribution in [3.8, 4) is 0 Å². The third-order valence-electron chi connectivity index (χ3n) is 1.68. The van der Waals surface area contributed by atoms with Crippen LogP contribution in [0, 0.1) is 0 Å². The Bertz CT molecular complexity index is 186. The molecule has 84 valence electrons. The zero-order valence-corrected chi connectivity index (χ0v) is 9.30. The molecule has 3 nitrogen and oxygen atoms in total. The van der Waals surface area contributed by atoms with E-state index in [1.807, 2.05) is 0 Å². The van der Waals surface area contributed by atoms with E-state index in [-0.39, 0.29) is 0 Å². The molecule has 0 aliphatic carbocycles. The van der Waals surface area contributed by atoms with E-state index in [2.05, 4.69) is 4.74 Å². The molecule has 0 aromatic heterocycles. The van der Waals surface area contributed by atoms with Gasteiger partial charge in [-0.05, 0) is 0 Å². The number of hydrogen-bond acceptors (Lipinski definition) is 3. The molecular formula is C6H14BF3O3Si. The quantitative estimate of drug-likeness (QED) is 0.687. The lowest BCUT2D eigenvalue weighted by atomic mass is 9.95. The van der Waals surface area contributed by atoms with Gasteiger partial charge in [0.15, 0.2) is 0 Å². The van der Waals surface area contributed by atoms with Crippen LogP contribution in [0.1, 0.15) is 0 Å². The minimum absolute atomic E-state index is 0.860. The normalized spacial score (nSPS) is 15.4. The molecular weight excluding hydrogens is 216 g/mol. The third kappa shape index (κ3) is 3.60. The molecule has 0 bridgehead atoms. The second kappa shape index (κ2) is 4.65. The second-order valence-corrected chi connectivity index (χ2v) is 9.17. The van der Waals surface area contributed by atoms with Gasteiger partial charge in [-0.1, -0.05) is 19.6 Å². The molecule has 8 heteroatoms. The van der Waals surface area contributed by atoms with Crippen molar-refractivity contribution >= 4 is 15.2 Å². The molecule has 1 atom stereocenters. The Morgan fingerprint density at radius 2 is 1.79 bits per heavy atom. The highest BCUT2D eigenvalue weighted by molar-refractivity contribution is 6.78. The first-order valence-corrected chi connectivity index (χ1v) is 7.58. The van der Waals surface area contributed by atoms with E-state index < -0.39 is 33.6 Å². The lowest BCUT2D eigenvalue weighted by Gasteiger charge is -2.30. The Balaban J connectivity index is 4.29. The molecule has 0 saturated carbocycles. The predicted octanol–water partition coefficient (Wildman–Crippen LogP) is 0.823. The summed E-state index contributed by atoms with van der Waals surface area (Å²) in [5.41, 5.74) is -3.54. The minimum atomic E-state index is -3.54. The van der Waals surface area contributed by atoms with E-state index in [9.17, 15) is 13.2 Å². The van der Waals surface area contributed by atoms with E-state index in [4.69, 9.17) is 10.0 Å². The summed E-state index contributed by atoms with van der Waals surface area (Å²) in [4.78, 5) is 0. The number of hydrogen-bond donors (Lipinski definition) is 2. The highest BCUT2D eigenvalue weighted by atomic mass is 28.3. The van der Waals surface area contributed by atoms with Gasteiger partial charge in [0.25, 0.3) is 11.9 Å². The van der Waals surface area contributed by atoms with Crippen LogP contribution < -0.4 is 0 Å². The number of ether oxygens (including phenoxy) is 1. The smallest absolute Gasteiger partial charge is 0.426 e. The average molecular weight is 230 g/mol. The van der Waals surface area contributed by atoms with Crippen LogP contribution in [0.5, 0.6) is 0 Å². The van der Waals surface area contributed by atoms with Crippen LogP contribution in [0.25, 0.3) is 0 Å². The molecule has 0 spiro atoms. The lowest BCUT2D eigenvalue weighted by Crippen LogP contribution is -2.53. The van der Waals surface area contributed by atoms with Crippen molar-refractivity contribution in [1.82, 2.24) is 0 Å². The van der Waals surface area contributed by atoms with Gasteiger partial charge in [-0.25, -0.2) is 13.2 Å². The molecule has 2 N–H and O–H groups in total. The van der Waals surface area contributed by atoms with Gasteiger partial charge in [0.1, 0.15) is 8.07 Å². The van der Waals surface area contributed by atoms with Crippen molar-refractivity contribution in [3.05, 3.63) is 0 Å². The van der Waals surface area contributed by atoms with Gasteiger partial charge < -0.3 is 14.8 Å². The van der Waals surface area contributed by atoms with Crippen molar-refractivity contribution in [3.63, 3.8) is 0 Å². The molecule has 0 aromatic rings. The summed E-state index contributed by atoms with van der Waals surface area (Å²) in [6.45, 7) is 3.05. The number of alkyl halides is 3. The summed E-state index contributed by atoms with van der Waals surface area (Å²) in [6.07, 6.45) is -2.78. The van der Waals surface area contributed by atoms with Crippen LogP contribution in [0.4, 0.5) is 13.2 Å². The largest absolute Gasteiger partial charge is 0.479 e. The summed E-state index contributed by atoms with van der Waals surface area (Å²) in [7, 11) is -4.96. The average Bonchev–Trinajstić information content (AvgIpc) is 1.97. The first-order valence-electron chi connectivity index (χ1n) is 4.08. The zero-order chi connectivity index (χ0) is 11.6. The predicted molar refractivity (Wildman–Crippen MR) is 49.3 cm³/mol. The molecule has 0 amide bonds. The van der Waals surface area contributed by atoms with Crippen LogP contribution >= 0.6 is 0 Å². The van der Waals surface area contributed by atoms with E-state index in [1.54, 1.807) is 0 Å². The molecule has 0 saturated heterocycles. The van der Waals surface area contributed by atoms with E-state index in [1.165, 1.54) is 19.6 Å². The summed E-state index contributed by atoms with van der Waals surface area (Å²) in [5, 5.41) is 16.6. The SMILES string of the molecule is C[Si](C)(C)C(F)(F)C(F)OCB(O)O. The van der Waals surface area contributed by atoms with Crippen molar-refractivity contribution in [2.45, 2.75) is 31.5 Å². The maximum absolute atomic E-state index is 13.2. The molecule has 0 fully saturated rings. The Morgan fingerprint density at radius 1 is 1.36 bits per heavy atom. The molecule has 0 aliphatic rings. The maximum atomic E-state index is 13.2. The van der Waals surface area contributed by atoms with Gasteiger partial charge in [0.05, 0.1) is 6.51 Å². The van der Waals surface area contributed by atoms with E-state index in [0.717, 1.165) is 0 Å². The molecule has 0 aromatic carbocycles. The molecule has 14 heavy (non-hydrogen) atoms. The molecule has 1 unspecified atom stereocenters. The van der Waals surface area contributed by atoms with Gasteiger partial charge in [0, 0.05) is 0 Å². The first-order chi connectivity index (χ1) is 6.09. The molecule has 0 aliphatic heterocycles. The zero-order valence-electron chi connectivity index (χ0n) is 8.30. The highest BCUT2D eigenvalue weighted by Gasteiger charge is 2.53. The van der Waals surface area contributed by atoms with Gasteiger partial charge in [-0.3, -0.25) is 0 Å². The Hall–Kier alpha value is -0.0482. The monoisotopic (exact) mass is 230 g/mol. The van der Waals surface area contributed by atoms with E-state index >= 15 is 0 Å². The summed E-state index contributed by atoms with van der Waals surface area (Å²) < 4.78 is 43.2. The number of rotatable bonds is 5. The van der Waals surface area contributed by atoms with Gasteiger partial charge in [-0.2, -0.15) is 0 Å². The van der Waals surface area contributed by atoms with Gasteiger partial charge in [-0.15, -0.1) is 0 Å². The van der Waals surface area contributed by atoms with Crippen LogP contribution in [0.2, 0.25) is 19.6 Å². The minimum Gasteiger partial charge on any atom is -0.426 e. The van der Waals surface area contributed by atoms with Crippen molar-refractivity contribution < 1.29 is 28.0 Å². The Kier molecular flexibility index (Phi) is 4.63. The van der Waals surface area contributed by atoms with Crippen molar-refractivity contribution in [2.75, 3.05) is 6.51 Å². The number of halogens is 3. The summed E-state index contributed by atoms with van der Waals surface area (Å²) in [6, 6.07) is 0. The van der Waals surface area contributed by atoms with Gasteiger partial charge >= 0.3 is 7.12 Å². The maximum Gasteiger partial charge on any atom is 0.479 e. The fourth-order valence-electron chi connectivity index (χ4n) is 0.616. The Labute approximate surface area is 82.0 Å². The van der Waals surface area contributed by atoms with Crippen molar-refractivity contribution in [1.29, 1.82) is 0 Å². The second-order valence-electron chi connectivity index (χ2n) is 4.00. The molecule has 0 radical (unpaired) electrons.